The fourth-order valence-electron chi connectivity index (χ4n) is 4.23. The molecule has 2 aliphatic heterocycles. The number of aromatic nitrogens is 1. The number of carbonyl (C=O) groups excluding carboxylic acids is 1. The molecule has 0 unspecified atom stereocenters. The Morgan fingerprint density at radius 2 is 1.96 bits per heavy atom. The van der Waals surface area contributed by atoms with Crippen molar-refractivity contribution in [1.29, 1.82) is 5.26 Å². The molecule has 0 radical (unpaired) electrons. The highest BCUT2D eigenvalue weighted by molar-refractivity contribution is 5.78. The lowest BCUT2D eigenvalue weighted by molar-refractivity contribution is -0.130. The van der Waals surface area contributed by atoms with Crippen LogP contribution in [-0.4, -0.2) is 41.5 Å². The van der Waals surface area contributed by atoms with E-state index in [0.29, 0.717) is 23.9 Å². The number of fused-ring (bicyclic) bond motifs is 1. The zero-order valence-corrected chi connectivity index (χ0v) is 13.4. The first-order valence-corrected chi connectivity index (χ1v) is 8.73. The van der Waals surface area contributed by atoms with Crippen LogP contribution >= 0.6 is 0 Å². The fraction of sp³-hybridized carbons (Fsp3) is 0.611. The molecule has 0 saturated carbocycles. The number of amides is 1. The largest absolute Gasteiger partial charge is 0.355 e. The molecular formula is C18H22N4O. The van der Waals surface area contributed by atoms with Crippen LogP contribution in [0.4, 0.5) is 5.82 Å². The molecule has 1 aromatic rings. The van der Waals surface area contributed by atoms with Gasteiger partial charge in [-0.25, -0.2) is 4.98 Å². The fourth-order valence-corrected chi connectivity index (χ4v) is 4.23. The van der Waals surface area contributed by atoms with Crippen molar-refractivity contribution in [2.24, 2.45) is 0 Å². The van der Waals surface area contributed by atoms with Crippen molar-refractivity contribution >= 4 is 11.7 Å². The standard InChI is InChI=1S/C18H22N4O/c19-12-14-11-13-3-1-4-16(13)20-18(14)21-9-6-15(7-10-21)22-8-2-5-17(22)23/h11,15H,1-10H2. The van der Waals surface area contributed by atoms with Crippen LogP contribution < -0.4 is 4.90 Å². The number of hydrogen-bond donors (Lipinski definition) is 0. The number of nitriles is 1. The molecule has 1 amide bonds. The number of likely N-dealkylation sites (tertiary alicyclic amines) is 1. The van der Waals surface area contributed by atoms with Crippen molar-refractivity contribution in [3.63, 3.8) is 0 Å². The molecule has 5 heteroatoms. The van der Waals surface area contributed by atoms with Crippen LogP contribution in [0, 0.1) is 11.3 Å². The summed E-state index contributed by atoms with van der Waals surface area (Å²) in [6, 6.07) is 4.75. The number of anilines is 1. The van der Waals surface area contributed by atoms with Gasteiger partial charge >= 0.3 is 0 Å². The molecule has 3 aliphatic rings. The predicted octanol–water partition coefficient (Wildman–Crippen LogP) is 2.03. The third-order valence-corrected chi connectivity index (χ3v) is 5.47. The van der Waals surface area contributed by atoms with Gasteiger partial charge in [-0.3, -0.25) is 4.79 Å². The van der Waals surface area contributed by atoms with Crippen LogP contribution in [0.1, 0.15) is 48.9 Å². The highest BCUT2D eigenvalue weighted by Crippen LogP contribution is 2.30. The SMILES string of the molecule is N#Cc1cc2c(nc1N1CCC(N3CCCC3=O)CC1)CCC2. The van der Waals surface area contributed by atoms with Gasteiger partial charge in [0.2, 0.25) is 5.91 Å². The van der Waals surface area contributed by atoms with Crippen LogP contribution in [0.3, 0.4) is 0 Å². The van der Waals surface area contributed by atoms with Crippen LogP contribution in [0.5, 0.6) is 0 Å². The minimum absolute atomic E-state index is 0.316. The van der Waals surface area contributed by atoms with Crippen molar-refractivity contribution in [2.75, 3.05) is 24.5 Å². The van der Waals surface area contributed by atoms with Crippen molar-refractivity contribution in [3.8, 4) is 6.07 Å². The van der Waals surface area contributed by atoms with Gasteiger partial charge in [0.25, 0.3) is 0 Å². The first-order chi connectivity index (χ1) is 11.3. The Labute approximate surface area is 136 Å². The molecule has 0 aromatic carbocycles. The summed E-state index contributed by atoms with van der Waals surface area (Å²) < 4.78 is 0. The van der Waals surface area contributed by atoms with Gasteiger partial charge in [-0.05, 0) is 50.2 Å². The van der Waals surface area contributed by atoms with E-state index in [1.807, 2.05) is 6.07 Å². The summed E-state index contributed by atoms with van der Waals surface area (Å²) in [5.74, 6) is 1.18. The third-order valence-electron chi connectivity index (χ3n) is 5.47. The van der Waals surface area contributed by atoms with E-state index in [1.165, 1.54) is 11.3 Å². The van der Waals surface area contributed by atoms with E-state index < -0.39 is 0 Å². The number of pyridine rings is 1. The lowest BCUT2D eigenvalue weighted by Gasteiger charge is -2.37. The van der Waals surface area contributed by atoms with Crippen molar-refractivity contribution < 1.29 is 4.79 Å². The predicted molar refractivity (Wildman–Crippen MR) is 87.2 cm³/mol. The maximum absolute atomic E-state index is 11.9. The summed E-state index contributed by atoms with van der Waals surface area (Å²) >= 11 is 0. The Kier molecular flexibility index (Phi) is 3.68. The van der Waals surface area contributed by atoms with Crippen molar-refractivity contribution in [1.82, 2.24) is 9.88 Å². The molecule has 0 bridgehead atoms. The van der Waals surface area contributed by atoms with Gasteiger partial charge < -0.3 is 9.80 Å². The number of carbonyl (C=O) groups is 1. The Morgan fingerprint density at radius 1 is 1.13 bits per heavy atom. The normalized spacial score (nSPS) is 21.6. The van der Waals surface area contributed by atoms with Crippen LogP contribution in [-0.2, 0) is 17.6 Å². The van der Waals surface area contributed by atoms with E-state index in [2.05, 4.69) is 15.9 Å². The second-order valence-electron chi connectivity index (χ2n) is 6.84. The second kappa shape index (κ2) is 5.84. The molecule has 1 aromatic heterocycles. The Bertz CT molecular complexity index is 670. The summed E-state index contributed by atoms with van der Waals surface area (Å²) in [5.41, 5.74) is 3.14. The van der Waals surface area contributed by atoms with Gasteiger partial charge in [-0.1, -0.05) is 0 Å². The first-order valence-electron chi connectivity index (χ1n) is 8.73. The molecule has 2 saturated heterocycles. The van der Waals surface area contributed by atoms with Crippen LogP contribution in [0.25, 0.3) is 0 Å². The average molecular weight is 310 g/mol. The maximum Gasteiger partial charge on any atom is 0.222 e. The number of hydrogen-bond acceptors (Lipinski definition) is 4. The van der Waals surface area contributed by atoms with Gasteiger partial charge in [-0.2, -0.15) is 5.26 Å². The van der Waals surface area contributed by atoms with Gasteiger partial charge in [0.05, 0.1) is 5.56 Å². The zero-order chi connectivity index (χ0) is 15.8. The molecular weight excluding hydrogens is 288 g/mol. The quantitative estimate of drug-likeness (QED) is 0.838. The van der Waals surface area contributed by atoms with E-state index >= 15 is 0 Å². The summed E-state index contributed by atoms with van der Waals surface area (Å²) in [4.78, 5) is 21.0. The topological polar surface area (TPSA) is 60.2 Å². The molecule has 3 heterocycles. The third kappa shape index (κ3) is 2.56. The van der Waals surface area contributed by atoms with Gasteiger partial charge in [-0.15, -0.1) is 0 Å². The highest BCUT2D eigenvalue weighted by atomic mass is 16.2. The lowest BCUT2D eigenvalue weighted by Crippen LogP contribution is -2.45. The molecule has 0 atom stereocenters. The van der Waals surface area contributed by atoms with Crippen LogP contribution in [0.2, 0.25) is 0 Å². The van der Waals surface area contributed by atoms with E-state index in [0.717, 1.165) is 64.0 Å². The second-order valence-corrected chi connectivity index (χ2v) is 6.84. The van der Waals surface area contributed by atoms with Crippen LogP contribution in [0.15, 0.2) is 6.07 Å². The number of rotatable bonds is 2. The van der Waals surface area contributed by atoms with Crippen molar-refractivity contribution in [2.45, 2.75) is 51.0 Å². The highest BCUT2D eigenvalue weighted by Gasteiger charge is 2.31. The number of nitrogens with zero attached hydrogens (tertiary/aromatic N) is 4. The molecule has 5 nitrogen and oxygen atoms in total. The Balaban J connectivity index is 1.50. The molecule has 4 rings (SSSR count). The summed E-state index contributed by atoms with van der Waals surface area (Å²) in [6.07, 6.45) is 6.92. The Hall–Kier alpha value is -2.09. The first kappa shape index (κ1) is 14.5. The number of aryl methyl sites for hydroxylation is 2. The average Bonchev–Trinajstić information content (AvgIpc) is 3.21. The molecule has 2 fully saturated rings. The van der Waals surface area contributed by atoms with E-state index in [9.17, 15) is 10.1 Å². The molecule has 23 heavy (non-hydrogen) atoms. The summed E-state index contributed by atoms with van der Waals surface area (Å²) in [6.45, 7) is 2.69. The molecule has 0 spiro atoms. The van der Waals surface area contributed by atoms with E-state index in [4.69, 9.17) is 4.98 Å². The molecule has 120 valence electrons. The van der Waals surface area contributed by atoms with Gasteiger partial charge in [0, 0.05) is 37.8 Å². The maximum atomic E-state index is 11.9. The van der Waals surface area contributed by atoms with E-state index in [1.54, 1.807) is 0 Å². The summed E-state index contributed by atoms with van der Waals surface area (Å²) in [5, 5.41) is 9.47. The Morgan fingerprint density at radius 3 is 2.65 bits per heavy atom. The van der Waals surface area contributed by atoms with Crippen molar-refractivity contribution in [3.05, 3.63) is 22.9 Å². The van der Waals surface area contributed by atoms with Gasteiger partial charge in [0.15, 0.2) is 0 Å². The zero-order valence-electron chi connectivity index (χ0n) is 13.4. The minimum Gasteiger partial charge on any atom is -0.355 e. The number of piperidine rings is 1. The molecule has 0 N–H and O–H groups in total. The molecule has 1 aliphatic carbocycles. The monoisotopic (exact) mass is 310 g/mol. The minimum atomic E-state index is 0.316. The van der Waals surface area contributed by atoms with Gasteiger partial charge in [0.1, 0.15) is 11.9 Å². The smallest absolute Gasteiger partial charge is 0.222 e. The lowest BCUT2D eigenvalue weighted by atomic mass is 10.0. The summed E-state index contributed by atoms with van der Waals surface area (Å²) in [7, 11) is 0. The van der Waals surface area contributed by atoms with E-state index in [-0.39, 0.29) is 0 Å².